The number of rotatable bonds is 5. The van der Waals surface area contributed by atoms with Crippen molar-refractivity contribution in [3.8, 4) is 0 Å². The topological polar surface area (TPSA) is 59.5 Å². The highest BCUT2D eigenvalue weighted by Gasteiger charge is 2.34. The predicted octanol–water partition coefficient (Wildman–Crippen LogP) is 2.46. The van der Waals surface area contributed by atoms with Gasteiger partial charge in [0.25, 0.3) is 5.91 Å². The van der Waals surface area contributed by atoms with Gasteiger partial charge >= 0.3 is 5.97 Å². The van der Waals surface area contributed by atoms with E-state index in [1.807, 2.05) is 12.1 Å². The highest BCUT2D eigenvalue weighted by Crippen LogP contribution is 2.29. The Balaban J connectivity index is 1.81. The third-order valence-electron chi connectivity index (χ3n) is 3.43. The molecule has 0 radical (unpaired) electrons. The Morgan fingerprint density at radius 2 is 2.24 bits per heavy atom. The number of fused-ring (bicyclic) bond motifs is 1. The smallest absolute Gasteiger partial charge is 0.325 e. The molecular formula is C15H16N2O3S. The lowest BCUT2D eigenvalue weighted by Gasteiger charge is -2.21. The molecule has 2 aromatic rings. The second-order valence-electron chi connectivity index (χ2n) is 5.00. The van der Waals surface area contributed by atoms with Crippen LogP contribution in [0.3, 0.4) is 0 Å². The molecule has 1 aliphatic rings. The number of nitrogens with zero attached hydrogens (tertiary/aromatic N) is 2. The SMILES string of the molecule is CCOC(=O)CN(C(=O)c1ccc2ncsc2c1)C1CC1. The van der Waals surface area contributed by atoms with Crippen LogP contribution < -0.4 is 0 Å². The Morgan fingerprint density at radius 3 is 2.95 bits per heavy atom. The van der Waals surface area contributed by atoms with E-state index in [4.69, 9.17) is 4.74 Å². The van der Waals surface area contributed by atoms with Crippen LogP contribution in [0.1, 0.15) is 30.1 Å². The lowest BCUT2D eigenvalue weighted by Crippen LogP contribution is -2.38. The summed E-state index contributed by atoms with van der Waals surface area (Å²) >= 11 is 1.50. The van der Waals surface area contributed by atoms with Crippen molar-refractivity contribution in [2.45, 2.75) is 25.8 Å². The van der Waals surface area contributed by atoms with Gasteiger partial charge in [-0.15, -0.1) is 11.3 Å². The molecule has 3 rings (SSSR count). The number of esters is 1. The van der Waals surface area contributed by atoms with Crippen LogP contribution in [0, 0.1) is 0 Å². The second kappa shape index (κ2) is 5.81. The first-order chi connectivity index (χ1) is 10.2. The average molecular weight is 304 g/mol. The van der Waals surface area contributed by atoms with Crippen molar-refractivity contribution in [2.24, 2.45) is 0 Å². The normalized spacial score (nSPS) is 14.1. The van der Waals surface area contributed by atoms with Crippen LogP contribution in [-0.4, -0.2) is 41.0 Å². The molecule has 1 aromatic heterocycles. The number of benzene rings is 1. The number of carbonyl (C=O) groups is 2. The van der Waals surface area contributed by atoms with Crippen molar-refractivity contribution in [1.82, 2.24) is 9.88 Å². The molecular weight excluding hydrogens is 288 g/mol. The van der Waals surface area contributed by atoms with Gasteiger partial charge in [0.15, 0.2) is 0 Å². The molecule has 1 fully saturated rings. The van der Waals surface area contributed by atoms with Gasteiger partial charge in [-0.05, 0) is 38.0 Å². The third-order valence-corrected chi connectivity index (χ3v) is 4.22. The van der Waals surface area contributed by atoms with E-state index in [0.717, 1.165) is 23.1 Å². The van der Waals surface area contributed by atoms with Crippen molar-refractivity contribution >= 4 is 33.4 Å². The van der Waals surface area contributed by atoms with Gasteiger partial charge in [0, 0.05) is 11.6 Å². The number of carbonyl (C=O) groups excluding carboxylic acids is 2. The van der Waals surface area contributed by atoms with Crippen molar-refractivity contribution in [2.75, 3.05) is 13.2 Å². The summed E-state index contributed by atoms with van der Waals surface area (Å²) in [5.41, 5.74) is 3.25. The summed E-state index contributed by atoms with van der Waals surface area (Å²) in [6.07, 6.45) is 1.90. The summed E-state index contributed by atoms with van der Waals surface area (Å²) in [7, 11) is 0. The molecule has 0 atom stereocenters. The van der Waals surface area contributed by atoms with Gasteiger partial charge in [-0.1, -0.05) is 0 Å². The minimum atomic E-state index is -0.350. The summed E-state index contributed by atoms with van der Waals surface area (Å²) in [5, 5.41) is 0. The molecule has 0 saturated heterocycles. The maximum Gasteiger partial charge on any atom is 0.325 e. The van der Waals surface area contributed by atoms with E-state index >= 15 is 0 Å². The second-order valence-corrected chi connectivity index (χ2v) is 5.89. The number of hydrogen-bond donors (Lipinski definition) is 0. The van der Waals surface area contributed by atoms with Crippen molar-refractivity contribution in [3.05, 3.63) is 29.3 Å². The third kappa shape index (κ3) is 3.05. The zero-order valence-corrected chi connectivity index (χ0v) is 12.6. The maximum atomic E-state index is 12.6. The lowest BCUT2D eigenvalue weighted by molar-refractivity contribution is -0.144. The van der Waals surface area contributed by atoms with Crippen LogP contribution in [0.2, 0.25) is 0 Å². The molecule has 0 N–H and O–H groups in total. The first-order valence-corrected chi connectivity index (χ1v) is 7.87. The summed E-state index contributed by atoms with van der Waals surface area (Å²) < 4.78 is 5.93. The molecule has 1 aliphatic carbocycles. The van der Waals surface area contributed by atoms with E-state index in [1.54, 1.807) is 23.4 Å². The Labute approximate surface area is 126 Å². The number of amides is 1. The number of ether oxygens (including phenoxy) is 1. The summed E-state index contributed by atoms with van der Waals surface area (Å²) in [6, 6.07) is 5.62. The summed E-state index contributed by atoms with van der Waals surface area (Å²) in [6.45, 7) is 2.12. The zero-order valence-electron chi connectivity index (χ0n) is 11.7. The van der Waals surface area contributed by atoms with Gasteiger partial charge in [0.05, 0.1) is 22.3 Å². The highest BCUT2D eigenvalue weighted by molar-refractivity contribution is 7.16. The van der Waals surface area contributed by atoms with Crippen LogP contribution in [0.25, 0.3) is 10.2 Å². The molecule has 1 heterocycles. The molecule has 5 nitrogen and oxygen atoms in total. The quantitative estimate of drug-likeness (QED) is 0.796. The minimum absolute atomic E-state index is 0.0259. The molecule has 0 bridgehead atoms. The predicted molar refractivity (Wildman–Crippen MR) is 80.3 cm³/mol. The molecule has 0 unspecified atom stereocenters. The number of aromatic nitrogens is 1. The Morgan fingerprint density at radius 1 is 1.43 bits per heavy atom. The van der Waals surface area contributed by atoms with Gasteiger partial charge in [0.1, 0.15) is 6.54 Å². The molecule has 1 saturated carbocycles. The minimum Gasteiger partial charge on any atom is -0.465 e. The van der Waals surface area contributed by atoms with Gasteiger partial charge in [0.2, 0.25) is 0 Å². The molecule has 1 amide bonds. The molecule has 21 heavy (non-hydrogen) atoms. The van der Waals surface area contributed by atoms with Crippen molar-refractivity contribution in [1.29, 1.82) is 0 Å². The Hall–Kier alpha value is -1.95. The van der Waals surface area contributed by atoms with E-state index in [-0.39, 0.29) is 24.5 Å². The number of thiazole rings is 1. The van der Waals surface area contributed by atoms with Gasteiger partial charge < -0.3 is 9.64 Å². The highest BCUT2D eigenvalue weighted by atomic mass is 32.1. The van der Waals surface area contributed by atoms with Crippen molar-refractivity contribution in [3.63, 3.8) is 0 Å². The molecule has 6 heteroatoms. The molecule has 110 valence electrons. The standard InChI is InChI=1S/C15H16N2O3S/c1-2-20-14(18)8-17(11-4-5-11)15(19)10-3-6-12-13(7-10)21-9-16-12/h3,6-7,9,11H,2,4-5,8H2,1H3. The van der Waals surface area contributed by atoms with E-state index < -0.39 is 0 Å². The van der Waals surface area contributed by atoms with Crippen molar-refractivity contribution < 1.29 is 14.3 Å². The first kappa shape index (κ1) is 14.0. The zero-order chi connectivity index (χ0) is 14.8. The molecule has 1 aromatic carbocycles. The maximum absolute atomic E-state index is 12.6. The van der Waals surface area contributed by atoms with Crippen LogP contribution in [-0.2, 0) is 9.53 Å². The molecule has 0 spiro atoms. The molecule has 0 aliphatic heterocycles. The summed E-state index contributed by atoms with van der Waals surface area (Å²) in [5.74, 6) is -0.461. The monoisotopic (exact) mass is 304 g/mol. The fourth-order valence-electron chi connectivity index (χ4n) is 2.25. The van der Waals surface area contributed by atoms with Crippen LogP contribution in [0.15, 0.2) is 23.7 Å². The van der Waals surface area contributed by atoms with Gasteiger partial charge in [-0.2, -0.15) is 0 Å². The Kier molecular flexibility index (Phi) is 3.88. The van der Waals surface area contributed by atoms with Gasteiger partial charge in [-0.3, -0.25) is 9.59 Å². The largest absolute Gasteiger partial charge is 0.465 e. The van der Waals surface area contributed by atoms with Gasteiger partial charge in [-0.25, -0.2) is 4.98 Å². The number of hydrogen-bond acceptors (Lipinski definition) is 5. The van der Waals surface area contributed by atoms with E-state index in [1.165, 1.54) is 11.3 Å². The van der Waals surface area contributed by atoms with E-state index in [0.29, 0.717) is 12.2 Å². The summed E-state index contributed by atoms with van der Waals surface area (Å²) in [4.78, 5) is 30.1. The van der Waals surface area contributed by atoms with E-state index in [2.05, 4.69) is 4.98 Å². The first-order valence-electron chi connectivity index (χ1n) is 6.99. The Bertz CT molecular complexity index is 678. The van der Waals surface area contributed by atoms with Crippen LogP contribution >= 0.6 is 11.3 Å². The van der Waals surface area contributed by atoms with Crippen LogP contribution in [0.4, 0.5) is 0 Å². The van der Waals surface area contributed by atoms with Crippen LogP contribution in [0.5, 0.6) is 0 Å². The fourth-order valence-corrected chi connectivity index (χ4v) is 2.97. The lowest BCUT2D eigenvalue weighted by atomic mass is 10.2. The fraction of sp³-hybridized carbons (Fsp3) is 0.400. The van der Waals surface area contributed by atoms with E-state index in [9.17, 15) is 9.59 Å². The average Bonchev–Trinajstić information content (AvgIpc) is 3.21.